The summed E-state index contributed by atoms with van der Waals surface area (Å²) in [4.78, 5) is 0.284. The average molecular weight is 290 g/mol. The van der Waals surface area contributed by atoms with Crippen molar-refractivity contribution in [2.75, 3.05) is 0 Å². The SMILES string of the molecule is CC[C@@H](Cl)[C@H](CC)NS(=O)(=O)c1ccc(C)cc1. The standard InChI is InChI=1S/C13H20ClNO2S/c1-4-12(14)13(5-2)15-18(16,17)11-8-6-10(3)7-9-11/h6-9,12-13,15H,4-5H2,1-3H3/t12-,13+/m1/s1. The number of rotatable bonds is 6. The number of halogens is 1. The van der Waals surface area contributed by atoms with Crippen LogP contribution < -0.4 is 4.72 Å². The third-order valence-electron chi connectivity index (χ3n) is 2.90. The van der Waals surface area contributed by atoms with E-state index >= 15 is 0 Å². The van der Waals surface area contributed by atoms with Crippen LogP contribution in [0.15, 0.2) is 29.2 Å². The van der Waals surface area contributed by atoms with Gasteiger partial charge in [0, 0.05) is 11.4 Å². The molecule has 0 bridgehead atoms. The van der Waals surface area contributed by atoms with Gasteiger partial charge in [0.1, 0.15) is 0 Å². The topological polar surface area (TPSA) is 46.2 Å². The second kappa shape index (κ2) is 6.55. The summed E-state index contributed by atoms with van der Waals surface area (Å²) in [6, 6.07) is 6.56. The Bertz CT molecular complexity index is 470. The minimum atomic E-state index is -3.48. The smallest absolute Gasteiger partial charge is 0.207 e. The van der Waals surface area contributed by atoms with Crippen LogP contribution in [0.1, 0.15) is 32.3 Å². The summed E-state index contributed by atoms with van der Waals surface area (Å²) >= 11 is 6.12. The highest BCUT2D eigenvalue weighted by atomic mass is 35.5. The lowest BCUT2D eigenvalue weighted by molar-refractivity contribution is 0.517. The van der Waals surface area contributed by atoms with E-state index in [0.29, 0.717) is 6.42 Å². The van der Waals surface area contributed by atoms with E-state index in [-0.39, 0.29) is 16.3 Å². The molecule has 0 heterocycles. The first-order valence-electron chi connectivity index (χ1n) is 6.13. The van der Waals surface area contributed by atoms with Crippen LogP contribution in [0, 0.1) is 6.92 Å². The molecule has 5 heteroatoms. The summed E-state index contributed by atoms with van der Waals surface area (Å²) < 4.78 is 27.0. The van der Waals surface area contributed by atoms with E-state index in [9.17, 15) is 8.42 Å². The maximum Gasteiger partial charge on any atom is 0.240 e. The van der Waals surface area contributed by atoms with E-state index < -0.39 is 10.0 Å². The van der Waals surface area contributed by atoms with Gasteiger partial charge in [-0.3, -0.25) is 0 Å². The highest BCUT2D eigenvalue weighted by Crippen LogP contribution is 2.15. The van der Waals surface area contributed by atoms with Crippen LogP contribution in [0.5, 0.6) is 0 Å². The van der Waals surface area contributed by atoms with E-state index in [1.807, 2.05) is 20.8 Å². The lowest BCUT2D eigenvalue weighted by Gasteiger charge is -2.21. The van der Waals surface area contributed by atoms with Gasteiger partial charge < -0.3 is 0 Å². The lowest BCUT2D eigenvalue weighted by Crippen LogP contribution is -2.40. The number of hydrogen-bond acceptors (Lipinski definition) is 2. The minimum absolute atomic E-state index is 0.185. The van der Waals surface area contributed by atoms with Crippen LogP contribution in [0.2, 0.25) is 0 Å². The van der Waals surface area contributed by atoms with Crippen molar-refractivity contribution in [2.24, 2.45) is 0 Å². The number of benzene rings is 1. The Hall–Kier alpha value is -0.580. The zero-order valence-corrected chi connectivity index (χ0v) is 12.6. The zero-order valence-electron chi connectivity index (χ0n) is 11.0. The Morgan fingerprint density at radius 2 is 1.72 bits per heavy atom. The molecule has 3 nitrogen and oxygen atoms in total. The molecule has 0 radical (unpaired) electrons. The molecular weight excluding hydrogens is 270 g/mol. The molecular formula is C13H20ClNO2S. The maximum atomic E-state index is 12.2. The quantitative estimate of drug-likeness (QED) is 0.818. The lowest BCUT2D eigenvalue weighted by atomic mass is 10.1. The molecule has 102 valence electrons. The predicted octanol–water partition coefficient (Wildman–Crippen LogP) is 3.07. The van der Waals surface area contributed by atoms with Crippen molar-refractivity contribution in [3.05, 3.63) is 29.8 Å². The Morgan fingerprint density at radius 1 is 1.17 bits per heavy atom. The molecule has 0 saturated heterocycles. The monoisotopic (exact) mass is 289 g/mol. The summed E-state index contributed by atoms with van der Waals surface area (Å²) in [5.41, 5.74) is 1.03. The Morgan fingerprint density at radius 3 is 2.17 bits per heavy atom. The highest BCUT2D eigenvalue weighted by molar-refractivity contribution is 7.89. The molecule has 0 amide bonds. The molecule has 1 aromatic carbocycles. The van der Waals surface area contributed by atoms with Gasteiger partial charge in [0.15, 0.2) is 0 Å². The van der Waals surface area contributed by atoms with Gasteiger partial charge in [-0.2, -0.15) is 0 Å². The first-order valence-corrected chi connectivity index (χ1v) is 8.05. The molecule has 0 saturated carbocycles. The Labute approximate surface area is 115 Å². The molecule has 0 unspecified atom stereocenters. The summed E-state index contributed by atoms with van der Waals surface area (Å²) in [5, 5.41) is -0.185. The van der Waals surface area contributed by atoms with Crippen molar-refractivity contribution in [1.82, 2.24) is 4.72 Å². The second-order valence-corrected chi connectivity index (χ2v) is 6.65. The van der Waals surface area contributed by atoms with Crippen LogP contribution >= 0.6 is 11.6 Å². The highest BCUT2D eigenvalue weighted by Gasteiger charge is 2.23. The molecule has 1 rings (SSSR count). The third-order valence-corrected chi connectivity index (χ3v) is 5.02. The Balaban J connectivity index is 2.90. The van der Waals surface area contributed by atoms with Gasteiger partial charge in [0.2, 0.25) is 10.0 Å². The third kappa shape index (κ3) is 3.97. The fraction of sp³-hybridized carbons (Fsp3) is 0.538. The molecule has 0 aliphatic carbocycles. The van der Waals surface area contributed by atoms with Crippen molar-refractivity contribution in [3.8, 4) is 0 Å². The maximum absolute atomic E-state index is 12.2. The van der Waals surface area contributed by atoms with Crippen molar-refractivity contribution in [1.29, 1.82) is 0 Å². The van der Waals surface area contributed by atoms with E-state index in [4.69, 9.17) is 11.6 Å². The molecule has 18 heavy (non-hydrogen) atoms. The molecule has 2 atom stereocenters. The van der Waals surface area contributed by atoms with E-state index in [1.54, 1.807) is 24.3 Å². The molecule has 0 aromatic heterocycles. The number of alkyl halides is 1. The van der Waals surface area contributed by atoms with Gasteiger partial charge in [-0.25, -0.2) is 13.1 Å². The fourth-order valence-corrected chi connectivity index (χ4v) is 3.36. The number of aryl methyl sites for hydroxylation is 1. The summed E-state index contributed by atoms with van der Waals surface area (Å²) in [7, 11) is -3.48. The van der Waals surface area contributed by atoms with Gasteiger partial charge in [0.25, 0.3) is 0 Å². The Kier molecular flexibility index (Phi) is 5.63. The molecule has 0 spiro atoms. The largest absolute Gasteiger partial charge is 0.240 e. The first-order chi connectivity index (χ1) is 8.40. The van der Waals surface area contributed by atoms with Crippen LogP contribution in [-0.4, -0.2) is 19.8 Å². The van der Waals surface area contributed by atoms with Crippen LogP contribution in [0.4, 0.5) is 0 Å². The van der Waals surface area contributed by atoms with Crippen molar-refractivity contribution >= 4 is 21.6 Å². The summed E-state index contributed by atoms with van der Waals surface area (Å²) in [5.74, 6) is 0. The normalized spacial score (nSPS) is 15.3. The van der Waals surface area contributed by atoms with Gasteiger partial charge in [-0.15, -0.1) is 11.6 Å². The molecule has 1 N–H and O–H groups in total. The molecule has 0 aliphatic rings. The first kappa shape index (κ1) is 15.5. The number of nitrogens with one attached hydrogen (secondary N) is 1. The van der Waals surface area contributed by atoms with Crippen molar-refractivity contribution in [2.45, 2.75) is 49.9 Å². The average Bonchev–Trinajstić information content (AvgIpc) is 2.35. The predicted molar refractivity (Wildman–Crippen MR) is 75.5 cm³/mol. The van der Waals surface area contributed by atoms with Gasteiger partial charge in [-0.05, 0) is 31.9 Å². The summed E-state index contributed by atoms with van der Waals surface area (Å²) in [6.07, 6.45) is 1.41. The number of hydrogen-bond donors (Lipinski definition) is 1. The minimum Gasteiger partial charge on any atom is -0.207 e. The van der Waals surface area contributed by atoms with E-state index in [2.05, 4.69) is 4.72 Å². The zero-order chi connectivity index (χ0) is 13.8. The van der Waals surface area contributed by atoms with Crippen LogP contribution in [0.25, 0.3) is 0 Å². The van der Waals surface area contributed by atoms with Crippen molar-refractivity contribution in [3.63, 3.8) is 0 Å². The van der Waals surface area contributed by atoms with Gasteiger partial charge in [0.05, 0.1) is 4.90 Å². The van der Waals surface area contributed by atoms with E-state index in [0.717, 1.165) is 12.0 Å². The van der Waals surface area contributed by atoms with Crippen LogP contribution in [-0.2, 0) is 10.0 Å². The molecule has 0 fully saturated rings. The van der Waals surface area contributed by atoms with Gasteiger partial charge in [-0.1, -0.05) is 31.5 Å². The molecule has 0 aliphatic heterocycles. The summed E-state index contributed by atoms with van der Waals surface area (Å²) in [6.45, 7) is 5.79. The fourth-order valence-electron chi connectivity index (χ4n) is 1.68. The second-order valence-electron chi connectivity index (χ2n) is 4.37. The van der Waals surface area contributed by atoms with Crippen LogP contribution in [0.3, 0.4) is 0 Å². The number of sulfonamides is 1. The van der Waals surface area contributed by atoms with Crippen molar-refractivity contribution < 1.29 is 8.42 Å². The van der Waals surface area contributed by atoms with E-state index in [1.165, 1.54) is 0 Å². The molecule has 1 aromatic rings. The van der Waals surface area contributed by atoms with Gasteiger partial charge >= 0.3 is 0 Å².